The van der Waals surface area contributed by atoms with Crippen molar-refractivity contribution >= 4 is 22.6 Å². The van der Waals surface area contributed by atoms with Crippen molar-refractivity contribution in [3.05, 3.63) is 108 Å². The molecule has 4 aromatic rings. The number of sulfonamides is 1. The number of aromatic nitrogens is 2. The van der Waals surface area contributed by atoms with Gasteiger partial charge in [0.25, 0.3) is 10.0 Å². The lowest BCUT2D eigenvalue weighted by molar-refractivity contribution is -0.0871. The summed E-state index contributed by atoms with van der Waals surface area (Å²) in [5.41, 5.74) is 1.79. The number of ether oxygens (including phenoxy) is 2. The van der Waals surface area contributed by atoms with E-state index in [1.165, 1.54) is 29.3 Å². The van der Waals surface area contributed by atoms with Crippen molar-refractivity contribution < 1.29 is 27.2 Å². The Kier molecular flexibility index (Phi) is 8.44. The molecule has 2 unspecified atom stereocenters. The van der Waals surface area contributed by atoms with E-state index in [4.69, 9.17) is 18.8 Å². The lowest BCUT2D eigenvalue weighted by Gasteiger charge is -2.35. The van der Waals surface area contributed by atoms with Crippen molar-refractivity contribution in [2.45, 2.75) is 56.4 Å². The topological polar surface area (TPSA) is 92.1 Å². The second-order valence-electron chi connectivity index (χ2n) is 11.1. The summed E-state index contributed by atoms with van der Waals surface area (Å²) in [4.78, 5) is 0. The molecule has 0 amide bonds. The third kappa shape index (κ3) is 5.68. The molecule has 5 rings (SSSR count). The second-order valence-corrected chi connectivity index (χ2v) is 12.9. The zero-order valence-corrected chi connectivity index (χ0v) is 25.5. The molecule has 1 aromatic heterocycles. The van der Waals surface area contributed by atoms with E-state index in [0.29, 0.717) is 16.8 Å². The van der Waals surface area contributed by atoms with Crippen LogP contribution >= 0.6 is 0 Å². The van der Waals surface area contributed by atoms with Gasteiger partial charge in [-0.25, -0.2) is 13.1 Å². The molecule has 1 aliphatic heterocycles. The fourth-order valence-electron chi connectivity index (χ4n) is 4.87. The first-order chi connectivity index (χ1) is 20.0. The van der Waals surface area contributed by atoms with Gasteiger partial charge < -0.3 is 18.8 Å². The maximum Gasteiger partial charge on any atom is 0.494 e. The monoisotopic (exact) mass is 589 g/mol. The molecule has 1 aliphatic rings. The van der Waals surface area contributed by atoms with Crippen LogP contribution < -0.4 is 5.46 Å². The summed E-state index contributed by atoms with van der Waals surface area (Å²) in [5.74, 6) is 0. The van der Waals surface area contributed by atoms with Gasteiger partial charge in [0.05, 0.1) is 16.9 Å². The molecule has 0 radical (unpaired) electrons. The van der Waals surface area contributed by atoms with Crippen LogP contribution in [0, 0.1) is 0 Å². The Bertz CT molecular complexity index is 1550. The van der Waals surface area contributed by atoms with E-state index in [2.05, 4.69) is 5.10 Å². The molecule has 0 spiro atoms. The fourth-order valence-corrected chi connectivity index (χ4v) is 6.43. The van der Waals surface area contributed by atoms with E-state index >= 15 is 0 Å². The maximum absolute atomic E-state index is 14.4. The van der Waals surface area contributed by atoms with E-state index < -0.39 is 40.8 Å². The molecular weight excluding hydrogens is 553 g/mol. The average Bonchev–Trinajstić information content (AvgIpc) is 3.57. The molecule has 9 nitrogen and oxygen atoms in total. The minimum absolute atomic E-state index is 0.153. The fraction of sp³-hybridized carbons (Fsp3) is 0.323. The number of methoxy groups -OCH3 is 2. The van der Waals surface area contributed by atoms with Gasteiger partial charge in [-0.3, -0.25) is 0 Å². The molecule has 2 heterocycles. The van der Waals surface area contributed by atoms with Gasteiger partial charge in [-0.2, -0.15) is 5.10 Å². The third-order valence-corrected chi connectivity index (χ3v) is 9.53. The van der Waals surface area contributed by atoms with Crippen molar-refractivity contribution in [2.24, 2.45) is 0 Å². The first-order valence-electron chi connectivity index (χ1n) is 13.7. The van der Waals surface area contributed by atoms with Crippen LogP contribution in [0.15, 0.2) is 102 Å². The van der Waals surface area contributed by atoms with E-state index in [1.807, 2.05) is 113 Å². The van der Waals surface area contributed by atoms with Crippen molar-refractivity contribution in [1.29, 1.82) is 0 Å². The highest BCUT2D eigenvalue weighted by Crippen LogP contribution is 2.38. The first-order valence-corrected chi connectivity index (χ1v) is 15.1. The largest absolute Gasteiger partial charge is 0.494 e. The Morgan fingerprint density at radius 3 is 1.81 bits per heavy atom. The molecule has 1 fully saturated rings. The van der Waals surface area contributed by atoms with Crippen molar-refractivity contribution in [3.63, 3.8) is 0 Å². The van der Waals surface area contributed by atoms with Gasteiger partial charge in [-0.05, 0) is 62.5 Å². The van der Waals surface area contributed by atoms with E-state index in [9.17, 15) is 8.42 Å². The van der Waals surface area contributed by atoms with E-state index in [1.54, 1.807) is 6.20 Å². The first kappa shape index (κ1) is 30.2. The number of benzene rings is 3. The summed E-state index contributed by atoms with van der Waals surface area (Å²) >= 11 is 0. The van der Waals surface area contributed by atoms with Gasteiger partial charge in [0, 0.05) is 20.4 Å². The predicted molar refractivity (Wildman–Crippen MR) is 161 cm³/mol. The standard InChI is InChI=1S/C31H36BN3O6S/c1-30(2)31(3,4)41-32(40-30)25-18-13-19-26(22-25)34-21-20-27(33-34)42(36,37)35(28(38-5)23-14-9-7-10-15-23)29(39-6)24-16-11-8-12-17-24/h7-22,28-29H,1-6H3. The van der Waals surface area contributed by atoms with Gasteiger partial charge in [-0.1, -0.05) is 72.8 Å². The SMILES string of the molecule is COC(c1ccccc1)N(C(OC)c1ccccc1)S(=O)(=O)c1ccn(-c2cccc(B3OC(C)(C)C(C)(C)O3)c2)n1. The maximum atomic E-state index is 14.4. The van der Waals surface area contributed by atoms with Gasteiger partial charge in [0.15, 0.2) is 17.5 Å². The van der Waals surface area contributed by atoms with Gasteiger partial charge in [0.2, 0.25) is 0 Å². The number of nitrogens with zero attached hydrogens (tertiary/aromatic N) is 3. The zero-order valence-electron chi connectivity index (χ0n) is 24.7. The summed E-state index contributed by atoms with van der Waals surface area (Å²) in [6, 6.07) is 27.3. The van der Waals surface area contributed by atoms with Crippen molar-refractivity contribution in [1.82, 2.24) is 14.1 Å². The minimum atomic E-state index is -4.26. The zero-order chi connectivity index (χ0) is 30.1. The quantitative estimate of drug-likeness (QED) is 0.193. The van der Waals surface area contributed by atoms with Gasteiger partial charge in [0.1, 0.15) is 0 Å². The summed E-state index contributed by atoms with van der Waals surface area (Å²) in [6.45, 7) is 7.99. The van der Waals surface area contributed by atoms with Crippen molar-refractivity contribution in [3.8, 4) is 5.69 Å². The Hall–Kier alpha value is -3.32. The van der Waals surface area contributed by atoms with E-state index in [-0.39, 0.29) is 5.03 Å². The molecule has 2 atom stereocenters. The summed E-state index contributed by atoms with van der Waals surface area (Å²) in [7, 11) is -1.89. The molecule has 0 N–H and O–H groups in total. The minimum Gasteiger partial charge on any atom is -0.399 e. The molecule has 3 aromatic carbocycles. The number of hydrogen-bond acceptors (Lipinski definition) is 7. The van der Waals surface area contributed by atoms with Crippen LogP contribution in [0.4, 0.5) is 0 Å². The van der Waals surface area contributed by atoms with Crippen LogP contribution in [0.25, 0.3) is 5.69 Å². The molecule has 42 heavy (non-hydrogen) atoms. The normalized spacial score (nSPS) is 17.8. The highest BCUT2D eigenvalue weighted by molar-refractivity contribution is 7.89. The molecule has 1 saturated heterocycles. The van der Waals surface area contributed by atoms with Gasteiger partial charge >= 0.3 is 7.12 Å². The number of hydrogen-bond donors (Lipinski definition) is 0. The predicted octanol–water partition coefficient (Wildman–Crippen LogP) is 4.85. The molecule has 11 heteroatoms. The lowest BCUT2D eigenvalue weighted by Crippen LogP contribution is -2.41. The second kappa shape index (κ2) is 11.8. The van der Waals surface area contributed by atoms with Gasteiger partial charge in [-0.15, -0.1) is 4.31 Å². The molecule has 220 valence electrons. The molecule has 0 bridgehead atoms. The lowest BCUT2D eigenvalue weighted by atomic mass is 9.79. The van der Waals surface area contributed by atoms with Crippen LogP contribution in [0.3, 0.4) is 0 Å². The highest BCUT2D eigenvalue weighted by Gasteiger charge is 2.51. The Labute approximate surface area is 248 Å². The Morgan fingerprint density at radius 2 is 1.31 bits per heavy atom. The summed E-state index contributed by atoms with van der Waals surface area (Å²) in [6.07, 6.45) is -0.361. The smallest absolute Gasteiger partial charge is 0.399 e. The van der Waals surface area contributed by atoms with Crippen LogP contribution in [0.1, 0.15) is 51.3 Å². The highest BCUT2D eigenvalue weighted by atomic mass is 32.2. The molecular formula is C31H36BN3O6S. The van der Waals surface area contributed by atoms with Crippen LogP contribution in [-0.4, -0.2) is 55.0 Å². The molecule has 0 saturated carbocycles. The molecule has 0 aliphatic carbocycles. The summed E-state index contributed by atoms with van der Waals surface area (Å²) < 4.78 is 55.6. The van der Waals surface area contributed by atoms with Crippen LogP contribution in [0.5, 0.6) is 0 Å². The number of rotatable bonds is 10. The summed E-state index contributed by atoms with van der Waals surface area (Å²) in [5, 5.41) is 4.36. The third-order valence-electron chi connectivity index (χ3n) is 7.84. The van der Waals surface area contributed by atoms with Crippen LogP contribution in [-0.2, 0) is 28.8 Å². The Morgan fingerprint density at radius 1 is 0.786 bits per heavy atom. The average molecular weight is 590 g/mol. The Balaban J connectivity index is 1.53. The van der Waals surface area contributed by atoms with E-state index in [0.717, 1.165) is 5.46 Å². The van der Waals surface area contributed by atoms with Crippen molar-refractivity contribution in [2.75, 3.05) is 14.2 Å². The van der Waals surface area contributed by atoms with Crippen LogP contribution in [0.2, 0.25) is 0 Å².